The molecule has 3 N–H and O–H groups in total. The number of hydrazone groups is 1. The number of para-hydroxylation sites is 1. The second-order valence-corrected chi connectivity index (χ2v) is 4.06. The molecule has 2 rings (SSSR count). The van der Waals surface area contributed by atoms with Gasteiger partial charge >= 0.3 is 0 Å². The zero-order chi connectivity index (χ0) is 13.8. The van der Waals surface area contributed by atoms with E-state index in [-0.39, 0.29) is 17.3 Å². The van der Waals surface area contributed by atoms with Gasteiger partial charge in [-0.3, -0.25) is 9.78 Å². The molecule has 0 saturated heterocycles. The minimum Gasteiger partial charge on any atom is -0.507 e. The van der Waals surface area contributed by atoms with Crippen molar-refractivity contribution in [3.63, 3.8) is 0 Å². The zero-order valence-corrected chi connectivity index (χ0v) is 10.6. The van der Waals surface area contributed by atoms with Crippen molar-refractivity contribution in [3.05, 3.63) is 51.9 Å². The van der Waals surface area contributed by atoms with Crippen molar-refractivity contribution >= 4 is 11.7 Å². The summed E-state index contributed by atoms with van der Waals surface area (Å²) in [5.41, 5.74) is 4.22. The molecule has 2 aromatic rings. The SMILES string of the molecule is C/C(=N\Nc1nc(C)cc(=O)[nH]1)c1ccccc1O. The lowest BCUT2D eigenvalue weighted by Crippen LogP contribution is -2.11. The number of aryl methyl sites for hydroxylation is 1. The number of hydrogen-bond donors (Lipinski definition) is 3. The van der Waals surface area contributed by atoms with E-state index in [1.165, 1.54) is 6.07 Å². The molecule has 0 spiro atoms. The smallest absolute Gasteiger partial charge is 0.252 e. The highest BCUT2D eigenvalue weighted by Gasteiger charge is 2.03. The highest BCUT2D eigenvalue weighted by molar-refractivity contribution is 6.01. The third kappa shape index (κ3) is 3.19. The van der Waals surface area contributed by atoms with Crippen LogP contribution in [-0.2, 0) is 0 Å². The second-order valence-electron chi connectivity index (χ2n) is 4.06. The first-order chi connectivity index (χ1) is 9.06. The van der Waals surface area contributed by atoms with Crippen LogP contribution < -0.4 is 11.0 Å². The number of rotatable bonds is 3. The average Bonchev–Trinajstić information content (AvgIpc) is 2.35. The lowest BCUT2D eigenvalue weighted by Gasteiger charge is -2.05. The largest absolute Gasteiger partial charge is 0.507 e. The van der Waals surface area contributed by atoms with E-state index in [2.05, 4.69) is 20.5 Å². The summed E-state index contributed by atoms with van der Waals surface area (Å²) >= 11 is 0. The molecule has 0 aliphatic carbocycles. The Kier molecular flexibility index (Phi) is 3.61. The monoisotopic (exact) mass is 258 g/mol. The molecule has 19 heavy (non-hydrogen) atoms. The molecule has 0 aliphatic heterocycles. The van der Waals surface area contributed by atoms with Crippen LogP contribution in [0.1, 0.15) is 18.2 Å². The first kappa shape index (κ1) is 12.8. The number of phenolic OH excluding ortho intramolecular Hbond substituents is 1. The van der Waals surface area contributed by atoms with Crippen LogP contribution in [-0.4, -0.2) is 20.8 Å². The van der Waals surface area contributed by atoms with Gasteiger partial charge in [0.05, 0.1) is 5.71 Å². The third-order valence-corrected chi connectivity index (χ3v) is 2.49. The summed E-state index contributed by atoms with van der Waals surface area (Å²) < 4.78 is 0. The zero-order valence-electron chi connectivity index (χ0n) is 10.6. The van der Waals surface area contributed by atoms with Gasteiger partial charge in [0.15, 0.2) is 0 Å². The Hall–Kier alpha value is -2.63. The molecule has 0 saturated carbocycles. The number of aromatic nitrogens is 2. The number of anilines is 1. The van der Waals surface area contributed by atoms with Crippen molar-refractivity contribution in [2.45, 2.75) is 13.8 Å². The summed E-state index contributed by atoms with van der Waals surface area (Å²) in [6.07, 6.45) is 0. The van der Waals surface area contributed by atoms with E-state index in [0.29, 0.717) is 17.0 Å². The molecule has 1 heterocycles. The van der Waals surface area contributed by atoms with Crippen molar-refractivity contribution in [3.8, 4) is 5.75 Å². The molecule has 1 aromatic heterocycles. The van der Waals surface area contributed by atoms with Crippen molar-refractivity contribution in [1.29, 1.82) is 0 Å². The Labute approximate surface area is 109 Å². The molecular formula is C13H14N4O2. The van der Waals surface area contributed by atoms with Crippen LogP contribution in [0.4, 0.5) is 5.95 Å². The molecule has 0 bridgehead atoms. The summed E-state index contributed by atoms with van der Waals surface area (Å²) in [7, 11) is 0. The van der Waals surface area contributed by atoms with E-state index < -0.39 is 0 Å². The molecule has 0 amide bonds. The molecule has 98 valence electrons. The van der Waals surface area contributed by atoms with Gasteiger partial charge in [-0.1, -0.05) is 12.1 Å². The molecule has 6 heteroatoms. The van der Waals surface area contributed by atoms with Gasteiger partial charge < -0.3 is 5.11 Å². The fraction of sp³-hybridized carbons (Fsp3) is 0.154. The van der Waals surface area contributed by atoms with E-state index >= 15 is 0 Å². The van der Waals surface area contributed by atoms with Gasteiger partial charge in [-0.25, -0.2) is 10.4 Å². The maximum absolute atomic E-state index is 11.3. The molecule has 0 unspecified atom stereocenters. The van der Waals surface area contributed by atoms with E-state index in [1.54, 1.807) is 38.1 Å². The Bertz CT molecular complexity index is 676. The predicted octanol–water partition coefficient (Wildman–Crippen LogP) is 1.62. The van der Waals surface area contributed by atoms with E-state index in [0.717, 1.165) is 0 Å². The van der Waals surface area contributed by atoms with Crippen molar-refractivity contribution < 1.29 is 5.11 Å². The second kappa shape index (κ2) is 5.34. The summed E-state index contributed by atoms with van der Waals surface area (Å²) in [5, 5.41) is 13.8. The van der Waals surface area contributed by atoms with Gasteiger partial charge in [-0.15, -0.1) is 0 Å². The van der Waals surface area contributed by atoms with Crippen LogP contribution in [0.25, 0.3) is 0 Å². The van der Waals surface area contributed by atoms with Crippen LogP contribution in [0.5, 0.6) is 5.75 Å². The highest BCUT2D eigenvalue weighted by atomic mass is 16.3. The summed E-state index contributed by atoms with van der Waals surface area (Å²) in [6.45, 7) is 3.47. The predicted molar refractivity (Wildman–Crippen MR) is 73.5 cm³/mol. The molecular weight excluding hydrogens is 244 g/mol. The first-order valence-electron chi connectivity index (χ1n) is 5.73. The maximum atomic E-state index is 11.3. The van der Waals surface area contributed by atoms with Gasteiger partial charge in [-0.2, -0.15) is 5.10 Å². The van der Waals surface area contributed by atoms with Crippen LogP contribution >= 0.6 is 0 Å². The maximum Gasteiger partial charge on any atom is 0.252 e. The van der Waals surface area contributed by atoms with Gasteiger partial charge in [0.1, 0.15) is 5.75 Å². The minimum absolute atomic E-state index is 0.149. The number of H-pyrrole nitrogens is 1. The Balaban J connectivity index is 2.23. The van der Waals surface area contributed by atoms with Crippen LogP contribution in [0.2, 0.25) is 0 Å². The van der Waals surface area contributed by atoms with Crippen molar-refractivity contribution in [2.24, 2.45) is 5.10 Å². The number of aromatic amines is 1. The number of benzene rings is 1. The molecule has 0 atom stereocenters. The van der Waals surface area contributed by atoms with Crippen LogP contribution in [0.3, 0.4) is 0 Å². The summed E-state index contributed by atoms with van der Waals surface area (Å²) in [6, 6.07) is 8.27. The summed E-state index contributed by atoms with van der Waals surface area (Å²) in [4.78, 5) is 17.9. The Morgan fingerprint density at radius 1 is 1.42 bits per heavy atom. The summed E-state index contributed by atoms with van der Waals surface area (Å²) in [5.74, 6) is 0.413. The first-order valence-corrected chi connectivity index (χ1v) is 5.73. The molecule has 0 fully saturated rings. The molecule has 0 radical (unpaired) electrons. The lowest BCUT2D eigenvalue weighted by atomic mass is 10.1. The number of hydrogen-bond acceptors (Lipinski definition) is 5. The Morgan fingerprint density at radius 3 is 2.84 bits per heavy atom. The lowest BCUT2D eigenvalue weighted by molar-refractivity contribution is 0.474. The molecule has 6 nitrogen and oxygen atoms in total. The Morgan fingerprint density at radius 2 is 2.16 bits per heavy atom. The van der Waals surface area contributed by atoms with Crippen molar-refractivity contribution in [1.82, 2.24) is 9.97 Å². The van der Waals surface area contributed by atoms with Gasteiger partial charge in [-0.05, 0) is 26.0 Å². The quantitative estimate of drug-likeness (QED) is 0.576. The number of aromatic hydroxyl groups is 1. The van der Waals surface area contributed by atoms with E-state index in [4.69, 9.17) is 0 Å². The van der Waals surface area contributed by atoms with Crippen molar-refractivity contribution in [2.75, 3.05) is 5.43 Å². The van der Waals surface area contributed by atoms with Gasteiger partial charge in [0, 0.05) is 17.3 Å². The van der Waals surface area contributed by atoms with Gasteiger partial charge in [0.25, 0.3) is 5.56 Å². The number of nitrogens with zero attached hydrogens (tertiary/aromatic N) is 2. The fourth-order valence-corrected chi connectivity index (χ4v) is 1.61. The molecule has 0 aliphatic rings. The highest BCUT2D eigenvalue weighted by Crippen LogP contribution is 2.16. The van der Waals surface area contributed by atoms with E-state index in [9.17, 15) is 9.90 Å². The topological polar surface area (TPSA) is 90.4 Å². The standard InChI is InChI=1S/C13H14N4O2/c1-8-7-12(19)15-13(14-8)17-16-9(2)10-5-3-4-6-11(10)18/h3-7,18H,1-2H3,(H2,14,15,17,19)/b16-9+. The average molecular weight is 258 g/mol. The molecule has 1 aromatic carbocycles. The van der Waals surface area contributed by atoms with E-state index in [1.807, 2.05) is 0 Å². The fourth-order valence-electron chi connectivity index (χ4n) is 1.61. The third-order valence-electron chi connectivity index (χ3n) is 2.49. The van der Waals surface area contributed by atoms with Gasteiger partial charge in [0.2, 0.25) is 5.95 Å². The minimum atomic E-state index is -0.245. The van der Waals surface area contributed by atoms with Crippen LogP contribution in [0, 0.1) is 6.92 Å². The van der Waals surface area contributed by atoms with Crippen LogP contribution in [0.15, 0.2) is 40.2 Å². The number of phenols is 1. The normalized spacial score (nSPS) is 11.4. The number of nitrogens with one attached hydrogen (secondary N) is 2.